The Morgan fingerprint density at radius 1 is 0.273 bits per heavy atom. The van der Waals surface area contributed by atoms with Crippen molar-refractivity contribution in [3.63, 3.8) is 0 Å². The van der Waals surface area contributed by atoms with Gasteiger partial charge in [-0.1, -0.05) is 235 Å². The third-order valence-corrected chi connectivity index (χ3v) is 11.9. The highest BCUT2D eigenvalue weighted by atomic mass is 16.6. The van der Waals surface area contributed by atoms with Crippen molar-refractivity contribution < 1.29 is 28.6 Å². The maximum Gasteiger partial charge on any atom is 0.306 e. The van der Waals surface area contributed by atoms with Crippen molar-refractivity contribution in [1.29, 1.82) is 0 Å². The Balaban J connectivity index is 4.57. The summed E-state index contributed by atoms with van der Waals surface area (Å²) in [5.41, 5.74) is 0. The summed E-state index contributed by atoms with van der Waals surface area (Å²) in [6, 6.07) is 0. The van der Waals surface area contributed by atoms with Gasteiger partial charge >= 0.3 is 17.9 Å². The second-order valence-electron chi connectivity index (χ2n) is 19.1. The van der Waals surface area contributed by atoms with E-state index in [2.05, 4.69) is 203 Å². The lowest BCUT2D eigenvalue weighted by molar-refractivity contribution is -0.167. The largest absolute Gasteiger partial charge is 0.462 e. The molecule has 0 aromatic carbocycles. The summed E-state index contributed by atoms with van der Waals surface area (Å²) in [6.07, 6.45) is 94.6. The fourth-order valence-corrected chi connectivity index (χ4v) is 7.40. The molecule has 1 atom stereocenters. The van der Waals surface area contributed by atoms with Gasteiger partial charge in [-0.3, -0.25) is 14.4 Å². The molecule has 0 amide bonds. The Bertz CT molecular complexity index is 1840. The van der Waals surface area contributed by atoms with Crippen LogP contribution in [0.2, 0.25) is 0 Å². The van der Waals surface area contributed by atoms with Crippen molar-refractivity contribution >= 4 is 17.9 Å². The molecule has 6 nitrogen and oxygen atoms in total. The topological polar surface area (TPSA) is 78.9 Å². The zero-order chi connectivity index (χ0) is 55.7. The molecule has 0 radical (unpaired) electrons. The van der Waals surface area contributed by atoms with Gasteiger partial charge in [-0.2, -0.15) is 0 Å². The average Bonchev–Trinajstić information content (AvgIpc) is 3.43. The first-order chi connectivity index (χ1) is 38.0. The number of hydrogen-bond donors (Lipinski definition) is 0. The molecule has 0 fully saturated rings. The van der Waals surface area contributed by atoms with Crippen molar-refractivity contribution in [3.05, 3.63) is 182 Å². The molecule has 0 spiro atoms. The van der Waals surface area contributed by atoms with Crippen LogP contribution >= 0.6 is 0 Å². The lowest BCUT2D eigenvalue weighted by atomic mass is 10.1. The van der Waals surface area contributed by atoms with Crippen molar-refractivity contribution in [1.82, 2.24) is 0 Å². The van der Waals surface area contributed by atoms with Crippen molar-refractivity contribution in [2.45, 2.75) is 232 Å². The fourth-order valence-electron chi connectivity index (χ4n) is 7.40. The van der Waals surface area contributed by atoms with Crippen LogP contribution in [0.1, 0.15) is 226 Å². The summed E-state index contributed by atoms with van der Waals surface area (Å²) in [5, 5.41) is 0. The maximum absolute atomic E-state index is 12.9. The molecule has 0 heterocycles. The first kappa shape index (κ1) is 71.5. The Labute approximate surface area is 472 Å². The minimum absolute atomic E-state index is 0.131. The van der Waals surface area contributed by atoms with Crippen LogP contribution in [0, 0.1) is 0 Å². The second kappa shape index (κ2) is 63.0. The van der Waals surface area contributed by atoms with Crippen LogP contribution in [0.4, 0.5) is 0 Å². The standard InChI is InChI=1S/C71H108O6/c1-4-7-10-13-16-19-22-25-28-30-31-32-33-34-35-36-37-38-39-41-43-46-49-52-55-58-61-64-70(73)76-67-68(66-75-69(72)63-60-57-54-51-48-45-42-27-24-21-18-15-12-9-6-3)77-71(74)65-62-59-56-53-50-47-44-40-29-26-23-20-17-14-11-8-5-2/h7-8,10-11,16-21,25-29,31-32,34-35,37-38,41-44,47,49,52-53,56,68H,4-6,9,12-15,22-24,30,33,36,39-40,45-46,48,50-51,54-55,57-67H2,1-3H3/b10-7-,11-8-,19-16-,20-17-,21-18-,28-25-,29-26-,32-31-,35-34-,38-37-,42-27-,43-41-,47-44-,52-49-,56-53-. The third-order valence-electron chi connectivity index (χ3n) is 11.9. The van der Waals surface area contributed by atoms with Crippen LogP contribution in [0.3, 0.4) is 0 Å². The Kier molecular flexibility index (Phi) is 58.6. The second-order valence-corrected chi connectivity index (χ2v) is 19.1. The molecule has 0 saturated carbocycles. The quantitative estimate of drug-likeness (QED) is 0.0261. The van der Waals surface area contributed by atoms with E-state index >= 15 is 0 Å². The minimum Gasteiger partial charge on any atom is -0.462 e. The Morgan fingerprint density at radius 3 is 0.857 bits per heavy atom. The summed E-state index contributed by atoms with van der Waals surface area (Å²) in [6.45, 7) is 6.27. The highest BCUT2D eigenvalue weighted by Crippen LogP contribution is 2.11. The Hall–Kier alpha value is -5.49. The molecule has 0 rings (SSSR count). The summed E-state index contributed by atoms with van der Waals surface area (Å²) >= 11 is 0. The zero-order valence-electron chi connectivity index (χ0n) is 48.9. The molecule has 0 aromatic heterocycles. The highest BCUT2D eigenvalue weighted by Gasteiger charge is 2.19. The van der Waals surface area contributed by atoms with E-state index in [1.54, 1.807) is 0 Å². The minimum atomic E-state index is -0.843. The maximum atomic E-state index is 12.9. The van der Waals surface area contributed by atoms with Crippen molar-refractivity contribution in [3.8, 4) is 0 Å². The summed E-state index contributed by atoms with van der Waals surface area (Å²) in [7, 11) is 0. The molecule has 0 bridgehead atoms. The molecule has 0 aromatic rings. The smallest absolute Gasteiger partial charge is 0.306 e. The van der Waals surface area contributed by atoms with E-state index in [0.717, 1.165) is 148 Å². The van der Waals surface area contributed by atoms with Crippen molar-refractivity contribution in [2.24, 2.45) is 0 Å². The van der Waals surface area contributed by atoms with Gasteiger partial charge < -0.3 is 14.2 Å². The molecule has 428 valence electrons. The number of esters is 3. The van der Waals surface area contributed by atoms with E-state index in [1.807, 2.05) is 0 Å². The van der Waals surface area contributed by atoms with Gasteiger partial charge in [0.25, 0.3) is 0 Å². The molecular formula is C71H108O6. The van der Waals surface area contributed by atoms with E-state index in [-0.39, 0.29) is 38.0 Å². The predicted molar refractivity (Wildman–Crippen MR) is 334 cm³/mol. The fraction of sp³-hybridized carbons (Fsp3) is 0.535. The van der Waals surface area contributed by atoms with Gasteiger partial charge in [-0.15, -0.1) is 0 Å². The van der Waals surface area contributed by atoms with Crippen LogP contribution in [-0.2, 0) is 28.6 Å². The summed E-state index contributed by atoms with van der Waals surface area (Å²) in [4.78, 5) is 38.2. The molecule has 1 unspecified atom stereocenters. The van der Waals surface area contributed by atoms with Gasteiger partial charge in [0.2, 0.25) is 0 Å². The lowest BCUT2D eigenvalue weighted by Gasteiger charge is -2.18. The highest BCUT2D eigenvalue weighted by molar-refractivity contribution is 5.71. The zero-order valence-corrected chi connectivity index (χ0v) is 48.9. The van der Waals surface area contributed by atoms with E-state index in [9.17, 15) is 14.4 Å². The third kappa shape index (κ3) is 61.2. The van der Waals surface area contributed by atoms with Crippen LogP contribution < -0.4 is 0 Å². The van der Waals surface area contributed by atoms with Crippen LogP contribution in [0.15, 0.2) is 182 Å². The van der Waals surface area contributed by atoms with Crippen LogP contribution in [-0.4, -0.2) is 37.2 Å². The van der Waals surface area contributed by atoms with Crippen LogP contribution in [0.25, 0.3) is 0 Å². The average molecular weight is 1060 g/mol. The number of carbonyl (C=O) groups excluding carboxylic acids is 3. The van der Waals surface area contributed by atoms with Gasteiger partial charge in [0.15, 0.2) is 6.10 Å². The number of allylic oxidation sites excluding steroid dienone is 30. The Morgan fingerprint density at radius 2 is 0.519 bits per heavy atom. The molecule has 6 heteroatoms. The van der Waals surface area contributed by atoms with E-state index < -0.39 is 12.1 Å². The van der Waals surface area contributed by atoms with Crippen LogP contribution in [0.5, 0.6) is 0 Å². The molecule has 77 heavy (non-hydrogen) atoms. The van der Waals surface area contributed by atoms with E-state index in [4.69, 9.17) is 14.2 Å². The first-order valence-electron chi connectivity index (χ1n) is 30.3. The molecule has 0 aliphatic heterocycles. The van der Waals surface area contributed by atoms with E-state index in [0.29, 0.717) is 19.3 Å². The number of carbonyl (C=O) groups is 3. The van der Waals surface area contributed by atoms with E-state index in [1.165, 1.54) is 25.7 Å². The molecule has 0 saturated heterocycles. The van der Waals surface area contributed by atoms with Gasteiger partial charge in [0, 0.05) is 19.3 Å². The first-order valence-corrected chi connectivity index (χ1v) is 30.3. The summed E-state index contributed by atoms with van der Waals surface area (Å²) < 4.78 is 16.8. The molecular weight excluding hydrogens is 949 g/mol. The number of unbranched alkanes of at least 4 members (excludes halogenated alkanes) is 11. The normalized spacial score (nSPS) is 13.4. The number of hydrogen-bond acceptors (Lipinski definition) is 6. The molecule has 0 aliphatic rings. The molecule has 0 aliphatic carbocycles. The molecule has 0 N–H and O–H groups in total. The van der Waals surface area contributed by atoms with Gasteiger partial charge in [0.05, 0.1) is 0 Å². The number of ether oxygens (including phenoxy) is 3. The van der Waals surface area contributed by atoms with Gasteiger partial charge in [0.1, 0.15) is 13.2 Å². The lowest BCUT2D eigenvalue weighted by Crippen LogP contribution is -2.30. The van der Waals surface area contributed by atoms with Gasteiger partial charge in [-0.05, 0) is 154 Å². The van der Waals surface area contributed by atoms with Gasteiger partial charge in [-0.25, -0.2) is 0 Å². The van der Waals surface area contributed by atoms with Crippen molar-refractivity contribution in [2.75, 3.05) is 13.2 Å². The predicted octanol–water partition coefficient (Wildman–Crippen LogP) is 20.9. The SMILES string of the molecule is CC/C=C\C/C=C\C/C=C\C/C=C\C/C=C\C/C=C\C/C=C\C/C=C\CCCCC(=O)OCC(COC(=O)CCCCCCC/C=C\C/C=C\CCCCC)OC(=O)CCC/C=C\C/C=C\C/C=C\C/C=C\C/C=C\CC. The monoisotopic (exact) mass is 1060 g/mol. The number of rotatable bonds is 52. The summed E-state index contributed by atoms with van der Waals surface area (Å²) in [5.74, 6) is -1.06.